The van der Waals surface area contributed by atoms with Crippen LogP contribution in [0.5, 0.6) is 0 Å². The van der Waals surface area contributed by atoms with Gasteiger partial charge in [-0.15, -0.1) is 0 Å². The van der Waals surface area contributed by atoms with Gasteiger partial charge in [-0.3, -0.25) is 4.98 Å². The Labute approximate surface area is 67.8 Å². The van der Waals surface area contributed by atoms with Gasteiger partial charge < -0.3 is 5.21 Å². The molecule has 0 unspecified atom stereocenters. The van der Waals surface area contributed by atoms with Gasteiger partial charge in [0.25, 0.3) is 0 Å². The summed E-state index contributed by atoms with van der Waals surface area (Å²) in [5.41, 5.74) is 1.24. The molecule has 4 heteroatoms. The van der Waals surface area contributed by atoms with Gasteiger partial charge in [-0.2, -0.15) is 4.73 Å². The van der Waals surface area contributed by atoms with Gasteiger partial charge in [-0.25, -0.2) is 0 Å². The Morgan fingerprint density at radius 2 is 2.36 bits per heavy atom. The van der Waals surface area contributed by atoms with E-state index in [-0.39, 0.29) is 0 Å². The second kappa shape index (κ2) is 2.13. The molecule has 0 bridgehead atoms. The Bertz CT molecular complexity index is 360. The van der Waals surface area contributed by atoms with Crippen LogP contribution in [-0.2, 0) is 0 Å². The second-order valence-electron chi connectivity index (χ2n) is 2.19. The zero-order chi connectivity index (χ0) is 7.84. The number of pyridine rings is 1. The summed E-state index contributed by atoms with van der Waals surface area (Å²) in [5, 5.41) is 9.65. The molecule has 11 heavy (non-hydrogen) atoms. The maximum Gasteiger partial charge on any atom is 0.110 e. The normalized spacial score (nSPS) is 10.6. The van der Waals surface area contributed by atoms with Crippen LogP contribution in [0.25, 0.3) is 11.0 Å². The molecule has 0 spiro atoms. The quantitative estimate of drug-likeness (QED) is 0.611. The molecule has 2 aromatic heterocycles. The van der Waals surface area contributed by atoms with Crippen LogP contribution < -0.4 is 0 Å². The summed E-state index contributed by atoms with van der Waals surface area (Å²) in [5.74, 6) is 0. The molecule has 3 nitrogen and oxygen atoms in total. The van der Waals surface area contributed by atoms with Crippen molar-refractivity contribution in [2.75, 3.05) is 0 Å². The van der Waals surface area contributed by atoms with Crippen molar-refractivity contribution in [3.63, 3.8) is 0 Å². The summed E-state index contributed by atoms with van der Waals surface area (Å²) in [4.78, 5) is 3.99. The Kier molecular flexibility index (Phi) is 1.26. The van der Waals surface area contributed by atoms with Gasteiger partial charge in [0, 0.05) is 6.20 Å². The minimum Gasteiger partial charge on any atom is -0.428 e. The highest BCUT2D eigenvalue weighted by atomic mass is 35.5. The fourth-order valence-electron chi connectivity index (χ4n) is 1.00. The first-order valence-electron chi connectivity index (χ1n) is 3.10. The fraction of sp³-hybridized carbons (Fsp3) is 0. The summed E-state index contributed by atoms with van der Waals surface area (Å²) < 4.78 is 0.963. The van der Waals surface area contributed by atoms with Crippen LogP contribution in [-0.4, -0.2) is 14.9 Å². The van der Waals surface area contributed by atoms with Crippen LogP contribution in [0.2, 0.25) is 5.02 Å². The van der Waals surface area contributed by atoms with Crippen molar-refractivity contribution in [3.8, 4) is 0 Å². The zero-order valence-corrected chi connectivity index (χ0v) is 6.28. The number of nitrogens with zero attached hydrogens (tertiary/aromatic N) is 2. The van der Waals surface area contributed by atoms with E-state index in [9.17, 15) is 5.21 Å². The molecule has 0 amide bonds. The Morgan fingerprint density at radius 1 is 1.55 bits per heavy atom. The number of aromatic nitrogens is 2. The number of hydrogen-bond donors (Lipinski definition) is 1. The van der Waals surface area contributed by atoms with Crippen molar-refractivity contribution in [1.29, 1.82) is 0 Å². The van der Waals surface area contributed by atoms with Crippen molar-refractivity contribution in [2.45, 2.75) is 0 Å². The third-order valence-electron chi connectivity index (χ3n) is 1.50. The molecule has 1 N–H and O–H groups in total. The fourth-order valence-corrected chi connectivity index (χ4v) is 1.24. The van der Waals surface area contributed by atoms with E-state index in [1.54, 1.807) is 18.3 Å². The molecule has 2 heterocycles. The summed E-state index contributed by atoms with van der Waals surface area (Å²) in [6.07, 6.45) is 3.05. The lowest BCUT2D eigenvalue weighted by molar-refractivity contribution is 0.200. The summed E-state index contributed by atoms with van der Waals surface area (Å²) in [6, 6.07) is 3.49. The largest absolute Gasteiger partial charge is 0.428 e. The minimum absolute atomic E-state index is 0.461. The van der Waals surface area contributed by atoms with Gasteiger partial charge in [-0.05, 0) is 12.1 Å². The van der Waals surface area contributed by atoms with Crippen molar-refractivity contribution < 1.29 is 5.21 Å². The first-order chi connectivity index (χ1) is 5.29. The highest BCUT2D eigenvalue weighted by molar-refractivity contribution is 6.35. The third kappa shape index (κ3) is 0.851. The van der Waals surface area contributed by atoms with Crippen molar-refractivity contribution >= 4 is 22.6 Å². The molecule has 0 fully saturated rings. The summed E-state index contributed by atoms with van der Waals surface area (Å²) >= 11 is 5.73. The van der Waals surface area contributed by atoms with E-state index in [1.165, 1.54) is 6.20 Å². The van der Waals surface area contributed by atoms with Gasteiger partial charge in [0.2, 0.25) is 0 Å². The molecular formula is C7H5ClN2O. The molecule has 0 aromatic carbocycles. The third-order valence-corrected chi connectivity index (χ3v) is 1.77. The molecule has 2 rings (SSSR count). The van der Waals surface area contributed by atoms with E-state index >= 15 is 0 Å². The van der Waals surface area contributed by atoms with Crippen LogP contribution in [0.1, 0.15) is 0 Å². The van der Waals surface area contributed by atoms with Crippen molar-refractivity contribution in [3.05, 3.63) is 29.5 Å². The molecule has 0 aliphatic heterocycles. The standard InChI is InChI=1S/C7H5ClN2O/c8-5-4-10(11)6-2-1-3-9-7(5)6/h1-4,11H. The first kappa shape index (κ1) is 6.49. The first-order valence-corrected chi connectivity index (χ1v) is 3.47. The van der Waals surface area contributed by atoms with Gasteiger partial charge >= 0.3 is 0 Å². The number of fused-ring (bicyclic) bond motifs is 1. The van der Waals surface area contributed by atoms with Gasteiger partial charge in [0.05, 0.1) is 11.2 Å². The zero-order valence-electron chi connectivity index (χ0n) is 5.53. The summed E-state index contributed by atoms with van der Waals surface area (Å²) in [7, 11) is 0. The van der Waals surface area contributed by atoms with E-state index in [0.29, 0.717) is 16.1 Å². The molecule has 56 valence electrons. The molecule has 2 aromatic rings. The smallest absolute Gasteiger partial charge is 0.110 e. The predicted octanol–water partition coefficient (Wildman–Crippen LogP) is 1.93. The molecule has 0 atom stereocenters. The molecule has 0 saturated heterocycles. The van der Waals surface area contributed by atoms with Crippen LogP contribution in [0.3, 0.4) is 0 Å². The number of halogens is 1. The Hall–Kier alpha value is -1.22. The van der Waals surface area contributed by atoms with Crippen molar-refractivity contribution in [1.82, 2.24) is 9.71 Å². The number of rotatable bonds is 0. The van der Waals surface area contributed by atoms with E-state index in [1.807, 2.05) is 0 Å². The Morgan fingerprint density at radius 3 is 3.09 bits per heavy atom. The second-order valence-corrected chi connectivity index (χ2v) is 2.60. The highest BCUT2D eigenvalue weighted by Crippen LogP contribution is 2.21. The predicted molar refractivity (Wildman–Crippen MR) is 41.9 cm³/mol. The van der Waals surface area contributed by atoms with Gasteiger partial charge in [0.1, 0.15) is 11.0 Å². The van der Waals surface area contributed by atoms with Crippen LogP contribution in [0.4, 0.5) is 0 Å². The molecule has 0 aliphatic carbocycles. The van der Waals surface area contributed by atoms with Crippen LogP contribution in [0.15, 0.2) is 24.5 Å². The Balaban J connectivity index is 2.95. The topological polar surface area (TPSA) is 38.0 Å². The van der Waals surface area contributed by atoms with Crippen LogP contribution >= 0.6 is 11.6 Å². The summed E-state index contributed by atoms with van der Waals surface area (Å²) in [6.45, 7) is 0. The average molecular weight is 169 g/mol. The van der Waals surface area contributed by atoms with Crippen molar-refractivity contribution in [2.24, 2.45) is 0 Å². The van der Waals surface area contributed by atoms with Crippen LogP contribution in [0, 0.1) is 0 Å². The maximum atomic E-state index is 9.18. The molecule has 0 radical (unpaired) electrons. The van der Waals surface area contributed by atoms with E-state index in [0.717, 1.165) is 4.73 Å². The van der Waals surface area contributed by atoms with Gasteiger partial charge in [-0.1, -0.05) is 11.6 Å². The van der Waals surface area contributed by atoms with E-state index < -0.39 is 0 Å². The molecule has 0 saturated carbocycles. The SMILES string of the molecule is On1cc(Cl)c2ncccc21. The average Bonchev–Trinajstić information content (AvgIpc) is 2.30. The highest BCUT2D eigenvalue weighted by Gasteiger charge is 2.04. The van der Waals surface area contributed by atoms with Gasteiger partial charge in [0.15, 0.2) is 0 Å². The monoisotopic (exact) mass is 168 g/mol. The number of hydrogen-bond acceptors (Lipinski definition) is 2. The minimum atomic E-state index is 0.461. The maximum absolute atomic E-state index is 9.18. The lowest BCUT2D eigenvalue weighted by Gasteiger charge is -1.90. The van der Waals surface area contributed by atoms with E-state index in [4.69, 9.17) is 11.6 Å². The lowest BCUT2D eigenvalue weighted by atomic mass is 10.4. The lowest BCUT2D eigenvalue weighted by Crippen LogP contribution is -1.84. The molecular weight excluding hydrogens is 164 g/mol. The molecule has 0 aliphatic rings. The van der Waals surface area contributed by atoms with E-state index in [2.05, 4.69) is 4.98 Å².